The number of fused-ring (bicyclic) bond motifs is 1. The molecule has 0 aromatic carbocycles. The highest BCUT2D eigenvalue weighted by Gasteiger charge is 2.49. The van der Waals surface area contributed by atoms with Crippen LogP contribution in [-0.4, -0.2) is 92.3 Å². The minimum Gasteiger partial charge on any atom is -0.335 e. The number of hydrogen-bond acceptors (Lipinski definition) is 5. The van der Waals surface area contributed by atoms with Crippen molar-refractivity contribution < 1.29 is 18.0 Å². The molecule has 0 radical (unpaired) electrons. The smallest absolute Gasteiger partial charge is 0.237 e. The second kappa shape index (κ2) is 7.84. The lowest BCUT2D eigenvalue weighted by molar-refractivity contribution is -0.146. The summed E-state index contributed by atoms with van der Waals surface area (Å²) in [6.07, 6.45) is 6.34. The quantitative estimate of drug-likeness (QED) is 0.698. The van der Waals surface area contributed by atoms with Gasteiger partial charge in [-0.25, -0.2) is 8.42 Å². The van der Waals surface area contributed by atoms with Crippen LogP contribution in [0.1, 0.15) is 38.5 Å². The van der Waals surface area contributed by atoms with E-state index in [0.717, 1.165) is 12.8 Å². The second-order valence-electron chi connectivity index (χ2n) is 8.33. The Kier molecular flexibility index (Phi) is 5.91. The number of likely N-dealkylation sites (N-methyl/N-ethyl adjacent to an activating group) is 1. The standard InChI is InChI=1S/C18H31N3O4S/c1-19(2)11-18(23)21-9-8-20(15-12-26(24,25)13-16(15)21)17(22)10-14-6-4-3-5-7-14/h14-16H,3-13H2,1-2H3/t15-,16+/m0/s1. The Labute approximate surface area is 156 Å². The number of sulfone groups is 1. The average molecular weight is 386 g/mol. The van der Waals surface area contributed by atoms with Crippen LogP contribution < -0.4 is 0 Å². The lowest BCUT2D eigenvalue weighted by Gasteiger charge is -2.44. The third-order valence-electron chi connectivity index (χ3n) is 5.96. The highest BCUT2D eigenvalue weighted by atomic mass is 32.2. The van der Waals surface area contributed by atoms with Gasteiger partial charge >= 0.3 is 0 Å². The van der Waals surface area contributed by atoms with Crippen molar-refractivity contribution >= 4 is 21.7 Å². The number of hydrogen-bond donors (Lipinski definition) is 0. The molecular formula is C18H31N3O4S. The molecule has 2 saturated heterocycles. The van der Waals surface area contributed by atoms with Crippen LogP contribution in [0.5, 0.6) is 0 Å². The largest absolute Gasteiger partial charge is 0.335 e. The van der Waals surface area contributed by atoms with Crippen molar-refractivity contribution in [2.45, 2.75) is 50.6 Å². The molecule has 0 unspecified atom stereocenters. The van der Waals surface area contributed by atoms with Crippen LogP contribution in [0.3, 0.4) is 0 Å². The van der Waals surface area contributed by atoms with Gasteiger partial charge in [-0.15, -0.1) is 0 Å². The van der Waals surface area contributed by atoms with E-state index in [-0.39, 0.29) is 35.9 Å². The summed E-state index contributed by atoms with van der Waals surface area (Å²) in [5, 5.41) is 0. The zero-order valence-corrected chi connectivity index (χ0v) is 16.7. The molecule has 2 amide bonds. The van der Waals surface area contributed by atoms with Gasteiger partial charge in [-0.05, 0) is 32.9 Å². The number of nitrogens with zero attached hydrogens (tertiary/aromatic N) is 3. The van der Waals surface area contributed by atoms with Crippen LogP contribution in [0.2, 0.25) is 0 Å². The van der Waals surface area contributed by atoms with E-state index in [9.17, 15) is 18.0 Å². The first-order valence-electron chi connectivity index (χ1n) is 9.71. The average Bonchev–Trinajstić information content (AvgIpc) is 2.88. The maximum absolute atomic E-state index is 12.9. The number of piperazine rings is 1. The Bertz CT molecular complexity index is 643. The highest BCUT2D eigenvalue weighted by molar-refractivity contribution is 7.91. The molecule has 2 atom stereocenters. The predicted octanol–water partition coefficient (Wildman–Crippen LogP) is 0.355. The molecule has 8 heteroatoms. The van der Waals surface area contributed by atoms with Crippen molar-refractivity contribution in [1.29, 1.82) is 0 Å². The van der Waals surface area contributed by atoms with Gasteiger partial charge in [0.15, 0.2) is 9.84 Å². The third-order valence-corrected chi connectivity index (χ3v) is 7.66. The summed E-state index contributed by atoms with van der Waals surface area (Å²) in [6.45, 7) is 1.14. The van der Waals surface area contributed by atoms with Gasteiger partial charge < -0.3 is 14.7 Å². The Morgan fingerprint density at radius 3 is 2.00 bits per heavy atom. The van der Waals surface area contributed by atoms with Gasteiger partial charge in [0.2, 0.25) is 11.8 Å². The Hall–Kier alpha value is -1.15. The van der Waals surface area contributed by atoms with E-state index < -0.39 is 15.9 Å². The van der Waals surface area contributed by atoms with E-state index >= 15 is 0 Å². The van der Waals surface area contributed by atoms with Crippen LogP contribution in [-0.2, 0) is 19.4 Å². The lowest BCUT2D eigenvalue weighted by Crippen LogP contribution is -2.63. The molecule has 148 valence electrons. The van der Waals surface area contributed by atoms with E-state index in [0.29, 0.717) is 25.4 Å². The molecule has 1 aliphatic carbocycles. The van der Waals surface area contributed by atoms with Gasteiger partial charge in [0, 0.05) is 19.5 Å². The first-order valence-corrected chi connectivity index (χ1v) is 11.5. The number of rotatable bonds is 4. The van der Waals surface area contributed by atoms with Gasteiger partial charge in [-0.2, -0.15) is 0 Å². The normalized spacial score (nSPS) is 29.0. The summed E-state index contributed by atoms with van der Waals surface area (Å²) in [5.74, 6) is 0.412. The van der Waals surface area contributed by atoms with Crippen LogP contribution in [0.4, 0.5) is 0 Å². The fourth-order valence-electron chi connectivity index (χ4n) is 4.69. The molecule has 7 nitrogen and oxygen atoms in total. The predicted molar refractivity (Wildman–Crippen MR) is 99.4 cm³/mol. The Morgan fingerprint density at radius 1 is 0.923 bits per heavy atom. The monoisotopic (exact) mass is 385 g/mol. The van der Waals surface area contributed by atoms with Gasteiger partial charge in [0.05, 0.1) is 30.1 Å². The van der Waals surface area contributed by atoms with E-state index in [1.165, 1.54) is 19.3 Å². The summed E-state index contributed by atoms with van der Waals surface area (Å²) >= 11 is 0. The summed E-state index contributed by atoms with van der Waals surface area (Å²) < 4.78 is 24.5. The topological polar surface area (TPSA) is 78.0 Å². The maximum atomic E-state index is 12.9. The Morgan fingerprint density at radius 2 is 1.46 bits per heavy atom. The number of carbonyl (C=O) groups is 2. The van der Waals surface area contributed by atoms with Crippen molar-refractivity contribution in [2.24, 2.45) is 5.92 Å². The van der Waals surface area contributed by atoms with E-state index in [4.69, 9.17) is 0 Å². The molecule has 2 heterocycles. The lowest BCUT2D eigenvalue weighted by atomic mass is 9.86. The molecular weight excluding hydrogens is 354 g/mol. The van der Waals surface area contributed by atoms with Gasteiger partial charge in [0.25, 0.3) is 0 Å². The molecule has 2 aliphatic heterocycles. The van der Waals surface area contributed by atoms with Crippen molar-refractivity contribution in [2.75, 3.05) is 45.2 Å². The molecule has 0 aromatic rings. The van der Waals surface area contributed by atoms with Crippen molar-refractivity contribution in [3.05, 3.63) is 0 Å². The molecule has 26 heavy (non-hydrogen) atoms. The minimum atomic E-state index is -3.22. The molecule has 3 rings (SSSR count). The minimum absolute atomic E-state index is 0.0141. The summed E-state index contributed by atoms with van der Waals surface area (Å²) in [6, 6.07) is -0.771. The van der Waals surface area contributed by atoms with Crippen molar-refractivity contribution in [3.63, 3.8) is 0 Å². The van der Waals surface area contributed by atoms with Crippen LogP contribution >= 0.6 is 0 Å². The summed E-state index contributed by atoms with van der Waals surface area (Å²) in [4.78, 5) is 30.7. The van der Waals surface area contributed by atoms with E-state index in [2.05, 4.69) is 0 Å². The maximum Gasteiger partial charge on any atom is 0.237 e. The van der Waals surface area contributed by atoms with Crippen molar-refractivity contribution in [3.8, 4) is 0 Å². The second-order valence-corrected chi connectivity index (χ2v) is 10.5. The van der Waals surface area contributed by atoms with Gasteiger partial charge in [0.1, 0.15) is 0 Å². The molecule has 0 aromatic heterocycles. The van der Waals surface area contributed by atoms with Crippen molar-refractivity contribution in [1.82, 2.24) is 14.7 Å². The van der Waals surface area contributed by atoms with Crippen LogP contribution in [0.25, 0.3) is 0 Å². The zero-order valence-electron chi connectivity index (χ0n) is 15.9. The molecule has 3 fully saturated rings. The summed E-state index contributed by atoms with van der Waals surface area (Å²) in [5.41, 5.74) is 0. The first-order chi connectivity index (χ1) is 12.3. The number of amides is 2. The molecule has 1 saturated carbocycles. The van der Waals surface area contributed by atoms with E-state index in [1.54, 1.807) is 14.7 Å². The molecule has 3 aliphatic rings. The summed E-state index contributed by atoms with van der Waals surface area (Å²) in [7, 11) is 0.424. The first kappa shape index (κ1) is 19.6. The van der Waals surface area contributed by atoms with Gasteiger partial charge in [-0.3, -0.25) is 9.59 Å². The van der Waals surface area contributed by atoms with E-state index in [1.807, 2.05) is 14.1 Å². The fraction of sp³-hybridized carbons (Fsp3) is 0.889. The zero-order chi connectivity index (χ0) is 18.9. The Balaban J connectivity index is 1.71. The molecule has 0 N–H and O–H groups in total. The van der Waals surface area contributed by atoms with Crippen LogP contribution in [0.15, 0.2) is 0 Å². The number of carbonyl (C=O) groups excluding carboxylic acids is 2. The fourth-order valence-corrected chi connectivity index (χ4v) is 6.67. The highest BCUT2D eigenvalue weighted by Crippen LogP contribution is 2.31. The molecule has 0 spiro atoms. The van der Waals surface area contributed by atoms with Gasteiger partial charge in [-0.1, -0.05) is 19.3 Å². The third kappa shape index (κ3) is 4.39. The molecule has 0 bridgehead atoms. The SMILES string of the molecule is CN(C)CC(=O)N1CCN(C(=O)CC2CCCCC2)[C@H]2CS(=O)(=O)C[C@H]21. The van der Waals surface area contributed by atoms with Crippen LogP contribution in [0, 0.1) is 5.92 Å².